The fourth-order valence-electron chi connectivity index (χ4n) is 2.63. The van der Waals surface area contributed by atoms with E-state index in [1.807, 2.05) is 12.1 Å². The van der Waals surface area contributed by atoms with E-state index in [1.54, 1.807) is 13.8 Å². The number of hydrogen-bond acceptors (Lipinski definition) is 1. The van der Waals surface area contributed by atoms with Crippen molar-refractivity contribution in [2.45, 2.75) is 52.1 Å². The van der Waals surface area contributed by atoms with Gasteiger partial charge in [0.2, 0.25) is 0 Å². The van der Waals surface area contributed by atoms with Crippen LogP contribution in [0.25, 0.3) is 0 Å². The Labute approximate surface area is 114 Å². The molecule has 1 aromatic carbocycles. The molecule has 0 spiro atoms. The third-order valence-corrected chi connectivity index (χ3v) is 3.64. The summed E-state index contributed by atoms with van der Waals surface area (Å²) in [5.41, 5.74) is 8.18. The summed E-state index contributed by atoms with van der Waals surface area (Å²) < 4.78 is 13.5. The first-order chi connectivity index (χ1) is 9.06. The predicted molar refractivity (Wildman–Crippen MR) is 76.6 cm³/mol. The lowest BCUT2D eigenvalue weighted by molar-refractivity contribution is 0.608. The molecule has 1 saturated carbocycles. The van der Waals surface area contributed by atoms with Crippen LogP contribution in [0.1, 0.15) is 42.4 Å². The van der Waals surface area contributed by atoms with Gasteiger partial charge >= 0.3 is 0 Å². The molecule has 0 unspecified atom stereocenters. The molecule has 0 heterocycles. The highest BCUT2D eigenvalue weighted by Crippen LogP contribution is 2.17. The molecule has 1 aromatic rings. The van der Waals surface area contributed by atoms with Crippen LogP contribution in [0.4, 0.5) is 4.39 Å². The molecule has 3 nitrogen and oxygen atoms in total. The van der Waals surface area contributed by atoms with Gasteiger partial charge in [-0.25, -0.2) is 9.38 Å². The summed E-state index contributed by atoms with van der Waals surface area (Å²) in [5, 5.41) is 3.24. The molecular formula is C15H22FN3. The van der Waals surface area contributed by atoms with E-state index in [1.165, 1.54) is 25.7 Å². The van der Waals surface area contributed by atoms with Gasteiger partial charge in [0.15, 0.2) is 5.96 Å². The van der Waals surface area contributed by atoms with E-state index in [0.717, 1.165) is 5.56 Å². The second-order valence-corrected chi connectivity index (χ2v) is 5.37. The highest BCUT2D eigenvalue weighted by atomic mass is 19.1. The number of nitrogens with zero attached hydrogens (tertiary/aromatic N) is 1. The summed E-state index contributed by atoms with van der Waals surface area (Å²) in [5.74, 6) is 0.358. The van der Waals surface area contributed by atoms with Crippen molar-refractivity contribution in [3.8, 4) is 0 Å². The Balaban J connectivity index is 1.96. The van der Waals surface area contributed by atoms with Crippen LogP contribution >= 0.6 is 0 Å². The van der Waals surface area contributed by atoms with Gasteiger partial charge in [0, 0.05) is 6.04 Å². The Kier molecular flexibility index (Phi) is 4.40. The van der Waals surface area contributed by atoms with E-state index < -0.39 is 0 Å². The van der Waals surface area contributed by atoms with E-state index in [0.29, 0.717) is 29.7 Å². The van der Waals surface area contributed by atoms with Crippen molar-refractivity contribution in [3.05, 3.63) is 34.6 Å². The van der Waals surface area contributed by atoms with Gasteiger partial charge in [0.05, 0.1) is 6.54 Å². The molecule has 0 atom stereocenters. The van der Waals surface area contributed by atoms with Gasteiger partial charge in [0.1, 0.15) is 5.82 Å². The zero-order valence-corrected chi connectivity index (χ0v) is 11.7. The minimum atomic E-state index is -0.134. The van der Waals surface area contributed by atoms with Crippen LogP contribution in [0.5, 0.6) is 0 Å². The van der Waals surface area contributed by atoms with Crippen LogP contribution in [0.2, 0.25) is 0 Å². The van der Waals surface area contributed by atoms with Crippen LogP contribution in [-0.2, 0) is 6.54 Å². The molecule has 3 N–H and O–H groups in total. The number of guanidine groups is 1. The molecule has 0 radical (unpaired) electrons. The first-order valence-electron chi connectivity index (χ1n) is 6.88. The van der Waals surface area contributed by atoms with Crippen LogP contribution < -0.4 is 11.1 Å². The standard InChI is InChI=1S/C15H22FN3/c1-10-7-12(8-11(2)14(10)16)9-18-15(17)19-13-5-3-4-6-13/h7-8,13H,3-6,9H2,1-2H3,(H3,17,18,19). The van der Waals surface area contributed by atoms with E-state index in [2.05, 4.69) is 10.3 Å². The normalized spacial score (nSPS) is 16.9. The first-order valence-corrected chi connectivity index (χ1v) is 6.88. The highest BCUT2D eigenvalue weighted by Gasteiger charge is 2.14. The number of hydrogen-bond donors (Lipinski definition) is 2. The third kappa shape index (κ3) is 3.69. The van der Waals surface area contributed by atoms with Crippen molar-refractivity contribution in [2.24, 2.45) is 10.7 Å². The second kappa shape index (κ2) is 6.04. The molecule has 1 aliphatic carbocycles. The average molecular weight is 263 g/mol. The summed E-state index contributed by atoms with van der Waals surface area (Å²) >= 11 is 0. The zero-order valence-electron chi connectivity index (χ0n) is 11.7. The average Bonchev–Trinajstić information content (AvgIpc) is 2.86. The largest absolute Gasteiger partial charge is 0.370 e. The van der Waals surface area contributed by atoms with E-state index in [-0.39, 0.29) is 5.82 Å². The van der Waals surface area contributed by atoms with E-state index in [9.17, 15) is 4.39 Å². The molecule has 2 rings (SSSR count). The fraction of sp³-hybridized carbons (Fsp3) is 0.533. The van der Waals surface area contributed by atoms with Crippen molar-refractivity contribution >= 4 is 5.96 Å². The van der Waals surface area contributed by atoms with Crippen LogP contribution in [0, 0.1) is 19.7 Å². The first kappa shape index (κ1) is 13.8. The van der Waals surface area contributed by atoms with E-state index in [4.69, 9.17) is 5.73 Å². The Morgan fingerprint density at radius 3 is 2.47 bits per heavy atom. The monoisotopic (exact) mass is 263 g/mol. The number of nitrogens with two attached hydrogens (primary N) is 1. The number of aryl methyl sites for hydroxylation is 2. The molecule has 19 heavy (non-hydrogen) atoms. The Hall–Kier alpha value is -1.58. The third-order valence-electron chi connectivity index (χ3n) is 3.64. The van der Waals surface area contributed by atoms with Gasteiger partial charge in [-0.1, -0.05) is 25.0 Å². The summed E-state index contributed by atoms with van der Waals surface area (Å²) in [6.45, 7) is 4.04. The minimum absolute atomic E-state index is 0.134. The van der Waals surface area contributed by atoms with Gasteiger partial charge in [-0.3, -0.25) is 0 Å². The molecule has 104 valence electrons. The molecule has 0 aliphatic heterocycles. The Bertz CT molecular complexity index is 453. The van der Waals surface area contributed by atoms with Gasteiger partial charge < -0.3 is 11.1 Å². The number of rotatable bonds is 3. The van der Waals surface area contributed by atoms with Crippen molar-refractivity contribution < 1.29 is 4.39 Å². The molecule has 1 fully saturated rings. The highest BCUT2D eigenvalue weighted by molar-refractivity contribution is 5.78. The maximum absolute atomic E-state index is 13.5. The molecule has 1 aliphatic rings. The van der Waals surface area contributed by atoms with Gasteiger partial charge in [-0.2, -0.15) is 0 Å². The van der Waals surface area contributed by atoms with Crippen molar-refractivity contribution in [3.63, 3.8) is 0 Å². The molecule has 0 bridgehead atoms. The molecule has 0 amide bonds. The van der Waals surface area contributed by atoms with Gasteiger partial charge in [0.25, 0.3) is 0 Å². The summed E-state index contributed by atoms with van der Waals surface area (Å²) in [4.78, 5) is 4.33. The Morgan fingerprint density at radius 1 is 1.32 bits per heavy atom. The summed E-state index contributed by atoms with van der Waals surface area (Å²) in [6, 6.07) is 4.13. The minimum Gasteiger partial charge on any atom is -0.370 e. The lowest BCUT2D eigenvalue weighted by atomic mass is 10.1. The topological polar surface area (TPSA) is 50.4 Å². The lowest BCUT2D eigenvalue weighted by Gasteiger charge is -2.12. The van der Waals surface area contributed by atoms with Crippen molar-refractivity contribution in [1.82, 2.24) is 5.32 Å². The molecule has 4 heteroatoms. The lowest BCUT2D eigenvalue weighted by Crippen LogP contribution is -2.38. The maximum Gasteiger partial charge on any atom is 0.189 e. The number of aliphatic imine (C=N–C) groups is 1. The zero-order chi connectivity index (χ0) is 13.8. The van der Waals surface area contributed by atoms with Crippen LogP contribution in [0.3, 0.4) is 0 Å². The number of nitrogens with one attached hydrogen (secondary N) is 1. The van der Waals surface area contributed by atoms with Crippen molar-refractivity contribution in [1.29, 1.82) is 0 Å². The summed E-state index contributed by atoms with van der Waals surface area (Å²) in [6.07, 6.45) is 4.87. The Morgan fingerprint density at radius 2 is 1.89 bits per heavy atom. The van der Waals surface area contributed by atoms with E-state index >= 15 is 0 Å². The maximum atomic E-state index is 13.5. The van der Waals surface area contributed by atoms with Crippen LogP contribution in [0.15, 0.2) is 17.1 Å². The van der Waals surface area contributed by atoms with Crippen LogP contribution in [-0.4, -0.2) is 12.0 Å². The second-order valence-electron chi connectivity index (χ2n) is 5.37. The number of benzene rings is 1. The van der Waals surface area contributed by atoms with Gasteiger partial charge in [-0.05, 0) is 43.4 Å². The fourth-order valence-corrected chi connectivity index (χ4v) is 2.63. The number of halogens is 1. The summed E-state index contributed by atoms with van der Waals surface area (Å²) in [7, 11) is 0. The SMILES string of the molecule is Cc1cc(CN=C(N)NC2CCCC2)cc(C)c1F. The predicted octanol–water partition coefficient (Wildman–Crippen LogP) is 2.79. The quantitative estimate of drug-likeness (QED) is 0.651. The molecule has 0 saturated heterocycles. The smallest absolute Gasteiger partial charge is 0.189 e. The molecular weight excluding hydrogens is 241 g/mol. The molecule has 0 aromatic heterocycles. The van der Waals surface area contributed by atoms with Crippen molar-refractivity contribution in [2.75, 3.05) is 0 Å². The van der Waals surface area contributed by atoms with Gasteiger partial charge in [-0.15, -0.1) is 0 Å².